The van der Waals surface area contributed by atoms with Crippen molar-refractivity contribution in [3.8, 4) is 5.75 Å². The number of aliphatic hydroxyl groups is 1. The molecule has 2 aromatic rings. The lowest BCUT2D eigenvalue weighted by Crippen LogP contribution is -2.34. The molecule has 0 radical (unpaired) electrons. The number of methoxy groups -OCH3 is 1. The van der Waals surface area contributed by atoms with Crippen LogP contribution in [0.2, 0.25) is 0 Å². The summed E-state index contributed by atoms with van der Waals surface area (Å²) in [7, 11) is 1.62. The van der Waals surface area contributed by atoms with Crippen molar-refractivity contribution >= 4 is 44.7 Å². The number of hydrogen-bond acceptors (Lipinski definition) is 4. The van der Waals surface area contributed by atoms with Crippen LogP contribution in [-0.2, 0) is 0 Å². The Balaban J connectivity index is 2.19. The van der Waals surface area contributed by atoms with Gasteiger partial charge >= 0.3 is 0 Å². The van der Waals surface area contributed by atoms with E-state index < -0.39 is 0 Å². The fourth-order valence-corrected chi connectivity index (χ4v) is 2.89. The second-order valence-electron chi connectivity index (χ2n) is 5.55. The summed E-state index contributed by atoms with van der Waals surface area (Å²) in [6, 6.07) is 15.6. The summed E-state index contributed by atoms with van der Waals surface area (Å²) in [5.74, 6) is 0.771. The lowest BCUT2D eigenvalue weighted by atomic mass is 10.1. The maximum Gasteiger partial charge on any atom is 0.194 e. The SMILES string of the molecule is COc1ccc(NC(=S)N(CCO)/N=C(/CBr)c2ccc(C)cc2)cc1. The second kappa shape index (κ2) is 10.3. The largest absolute Gasteiger partial charge is 0.497 e. The maximum absolute atomic E-state index is 9.39. The third-order valence-corrected chi connectivity index (χ3v) is 4.48. The number of alkyl halides is 1. The molecule has 0 atom stereocenters. The Morgan fingerprint density at radius 1 is 1.19 bits per heavy atom. The molecule has 5 nitrogen and oxygen atoms in total. The predicted molar refractivity (Wildman–Crippen MR) is 115 cm³/mol. The summed E-state index contributed by atoms with van der Waals surface area (Å²) >= 11 is 8.96. The number of hydrogen-bond donors (Lipinski definition) is 2. The standard InChI is InChI=1S/C19H22BrN3O2S/c1-14-3-5-15(6-4-14)18(13-20)22-23(11-12-24)19(26)21-16-7-9-17(25-2)10-8-16/h3-10,24H,11-13H2,1-2H3,(H,21,26)/b22-18-. The number of halogens is 1. The van der Waals surface area contributed by atoms with Gasteiger partial charge in [-0.15, -0.1) is 0 Å². The van der Waals surface area contributed by atoms with Crippen LogP contribution in [0.4, 0.5) is 5.69 Å². The minimum atomic E-state index is -0.0581. The molecular formula is C19H22BrN3O2S. The number of anilines is 1. The van der Waals surface area contributed by atoms with Gasteiger partial charge in [0.15, 0.2) is 5.11 Å². The van der Waals surface area contributed by atoms with Gasteiger partial charge in [0.2, 0.25) is 0 Å². The zero-order valence-electron chi connectivity index (χ0n) is 14.8. The molecule has 0 aromatic heterocycles. The molecule has 0 spiro atoms. The van der Waals surface area contributed by atoms with Gasteiger partial charge in [0.05, 0.1) is 26.0 Å². The van der Waals surface area contributed by atoms with Crippen molar-refractivity contribution in [3.05, 3.63) is 59.7 Å². The molecule has 0 aliphatic rings. The van der Waals surface area contributed by atoms with E-state index in [2.05, 4.69) is 26.3 Å². The van der Waals surface area contributed by atoms with Crippen molar-refractivity contribution in [1.29, 1.82) is 0 Å². The number of aliphatic hydroxyl groups excluding tert-OH is 1. The van der Waals surface area contributed by atoms with Crippen LogP contribution in [0.5, 0.6) is 5.75 Å². The molecule has 0 unspecified atom stereocenters. The molecule has 26 heavy (non-hydrogen) atoms. The van der Waals surface area contributed by atoms with E-state index in [9.17, 15) is 5.11 Å². The van der Waals surface area contributed by atoms with Crippen LogP contribution in [0, 0.1) is 6.92 Å². The van der Waals surface area contributed by atoms with Gasteiger partial charge in [-0.2, -0.15) is 5.10 Å². The van der Waals surface area contributed by atoms with E-state index in [0.717, 1.165) is 22.7 Å². The number of hydrazone groups is 1. The minimum Gasteiger partial charge on any atom is -0.497 e. The van der Waals surface area contributed by atoms with E-state index in [1.807, 2.05) is 55.5 Å². The Kier molecular flexibility index (Phi) is 8.03. The van der Waals surface area contributed by atoms with Gasteiger partial charge < -0.3 is 15.2 Å². The van der Waals surface area contributed by atoms with Crippen molar-refractivity contribution in [2.75, 3.05) is 30.9 Å². The van der Waals surface area contributed by atoms with Gasteiger partial charge in [-0.1, -0.05) is 45.8 Å². The molecule has 0 aliphatic heterocycles. The molecule has 138 valence electrons. The quantitative estimate of drug-likeness (QED) is 0.299. The van der Waals surface area contributed by atoms with Crippen LogP contribution in [0.25, 0.3) is 0 Å². The number of ether oxygens (including phenoxy) is 1. The Bertz CT molecular complexity index is 748. The minimum absolute atomic E-state index is 0.0581. The highest BCUT2D eigenvalue weighted by Gasteiger charge is 2.11. The summed E-state index contributed by atoms with van der Waals surface area (Å²) in [5, 5.41) is 19.7. The highest BCUT2D eigenvalue weighted by atomic mass is 79.9. The Morgan fingerprint density at radius 3 is 2.38 bits per heavy atom. The van der Waals surface area contributed by atoms with Crippen LogP contribution in [0.15, 0.2) is 53.6 Å². The van der Waals surface area contributed by atoms with Crippen molar-refractivity contribution in [2.24, 2.45) is 5.10 Å². The number of rotatable bonds is 7. The average Bonchev–Trinajstić information content (AvgIpc) is 2.66. The smallest absolute Gasteiger partial charge is 0.194 e. The normalized spacial score (nSPS) is 11.2. The van der Waals surface area contributed by atoms with Gasteiger partial charge in [0.25, 0.3) is 0 Å². The predicted octanol–water partition coefficient (Wildman–Crippen LogP) is 3.79. The van der Waals surface area contributed by atoms with Gasteiger partial charge in [-0.25, -0.2) is 5.01 Å². The molecule has 0 amide bonds. The van der Waals surface area contributed by atoms with E-state index in [4.69, 9.17) is 17.0 Å². The molecule has 2 rings (SSSR count). The number of nitrogens with one attached hydrogen (secondary N) is 1. The van der Waals surface area contributed by atoms with E-state index >= 15 is 0 Å². The Morgan fingerprint density at radius 2 is 1.85 bits per heavy atom. The van der Waals surface area contributed by atoms with Crippen molar-refractivity contribution < 1.29 is 9.84 Å². The van der Waals surface area contributed by atoms with Crippen LogP contribution in [0.1, 0.15) is 11.1 Å². The Labute approximate surface area is 167 Å². The van der Waals surface area contributed by atoms with Gasteiger partial charge in [0, 0.05) is 11.0 Å². The molecule has 0 fully saturated rings. The highest BCUT2D eigenvalue weighted by Crippen LogP contribution is 2.16. The molecule has 2 aromatic carbocycles. The van der Waals surface area contributed by atoms with E-state index in [0.29, 0.717) is 17.0 Å². The van der Waals surface area contributed by atoms with Gasteiger partial charge in [-0.05, 0) is 49.0 Å². The molecule has 0 bridgehead atoms. The zero-order chi connectivity index (χ0) is 18.9. The summed E-state index contributed by atoms with van der Waals surface area (Å²) < 4.78 is 5.15. The fourth-order valence-electron chi connectivity index (χ4n) is 2.21. The molecule has 7 heteroatoms. The second-order valence-corrected chi connectivity index (χ2v) is 6.50. The molecule has 0 aliphatic carbocycles. The number of benzene rings is 2. The van der Waals surface area contributed by atoms with E-state index in [-0.39, 0.29) is 6.61 Å². The molecule has 0 saturated heterocycles. The number of aryl methyl sites for hydroxylation is 1. The molecule has 0 saturated carbocycles. The molecule has 0 heterocycles. The third kappa shape index (κ3) is 5.79. The molecular weight excluding hydrogens is 414 g/mol. The highest BCUT2D eigenvalue weighted by molar-refractivity contribution is 9.09. The average molecular weight is 436 g/mol. The monoisotopic (exact) mass is 435 g/mol. The Hall–Kier alpha value is -1.96. The number of thiocarbonyl (C=S) groups is 1. The first kappa shape index (κ1) is 20.4. The summed E-state index contributed by atoms with van der Waals surface area (Å²) in [4.78, 5) is 0. The summed E-state index contributed by atoms with van der Waals surface area (Å²) in [5.41, 5.74) is 3.84. The van der Waals surface area contributed by atoms with Crippen LogP contribution >= 0.6 is 28.1 Å². The van der Waals surface area contributed by atoms with Crippen molar-refractivity contribution in [2.45, 2.75) is 6.92 Å². The first-order chi connectivity index (χ1) is 12.6. The zero-order valence-corrected chi connectivity index (χ0v) is 17.2. The fraction of sp³-hybridized carbons (Fsp3) is 0.263. The first-order valence-corrected chi connectivity index (χ1v) is 9.64. The van der Waals surface area contributed by atoms with Crippen LogP contribution in [-0.4, -0.2) is 46.5 Å². The molecule has 2 N–H and O–H groups in total. The summed E-state index contributed by atoms with van der Waals surface area (Å²) in [6.07, 6.45) is 0. The van der Waals surface area contributed by atoms with Crippen molar-refractivity contribution in [3.63, 3.8) is 0 Å². The van der Waals surface area contributed by atoms with Gasteiger partial charge in [0.1, 0.15) is 5.75 Å². The van der Waals surface area contributed by atoms with Crippen molar-refractivity contribution in [1.82, 2.24) is 5.01 Å². The lowest BCUT2D eigenvalue weighted by molar-refractivity contribution is 0.254. The van der Waals surface area contributed by atoms with E-state index in [1.165, 1.54) is 5.56 Å². The lowest BCUT2D eigenvalue weighted by Gasteiger charge is -2.21. The van der Waals surface area contributed by atoms with Gasteiger partial charge in [-0.3, -0.25) is 0 Å². The van der Waals surface area contributed by atoms with Crippen LogP contribution in [0.3, 0.4) is 0 Å². The first-order valence-electron chi connectivity index (χ1n) is 8.11. The van der Waals surface area contributed by atoms with Crippen LogP contribution < -0.4 is 10.1 Å². The topological polar surface area (TPSA) is 57.1 Å². The third-order valence-electron chi connectivity index (χ3n) is 3.64. The van der Waals surface area contributed by atoms with E-state index in [1.54, 1.807) is 12.1 Å². The maximum atomic E-state index is 9.39. The number of nitrogens with zero attached hydrogens (tertiary/aromatic N) is 2. The summed E-state index contributed by atoms with van der Waals surface area (Å²) in [6.45, 7) is 2.28.